The number of aliphatic hydroxyl groups excluding tert-OH is 1. The van der Waals surface area contributed by atoms with E-state index in [0.717, 1.165) is 5.56 Å². The molecule has 0 aromatic carbocycles. The summed E-state index contributed by atoms with van der Waals surface area (Å²) in [4.78, 5) is 0. The molecule has 0 aliphatic carbocycles. The zero-order valence-corrected chi connectivity index (χ0v) is 7.93. The van der Waals surface area contributed by atoms with Crippen LogP contribution in [0.5, 0.6) is 0 Å². The van der Waals surface area contributed by atoms with E-state index in [1.165, 1.54) is 11.3 Å². The second-order valence-corrected chi connectivity index (χ2v) is 4.07. The van der Waals surface area contributed by atoms with E-state index in [0.29, 0.717) is 0 Å². The van der Waals surface area contributed by atoms with Crippen LogP contribution in [0.3, 0.4) is 0 Å². The molecule has 1 heterocycles. The first-order valence-corrected chi connectivity index (χ1v) is 4.63. The number of nitriles is 1. The molecule has 1 aromatic heterocycles. The smallest absolute Gasteiger partial charge is 0.0978 e. The highest BCUT2D eigenvalue weighted by molar-refractivity contribution is 7.07. The summed E-state index contributed by atoms with van der Waals surface area (Å²) in [6.07, 6.45) is -0.686. The fourth-order valence-corrected chi connectivity index (χ4v) is 1.59. The zero-order valence-electron chi connectivity index (χ0n) is 7.11. The Labute approximate surface area is 76.1 Å². The van der Waals surface area contributed by atoms with Crippen LogP contribution >= 0.6 is 11.3 Å². The van der Waals surface area contributed by atoms with Crippen LogP contribution in [0.4, 0.5) is 0 Å². The van der Waals surface area contributed by atoms with Crippen molar-refractivity contribution in [2.45, 2.75) is 20.0 Å². The molecular formula is C9H11NOS. The molecule has 0 amide bonds. The Balaban J connectivity index is 2.87. The van der Waals surface area contributed by atoms with Crippen molar-refractivity contribution in [3.05, 3.63) is 22.4 Å². The van der Waals surface area contributed by atoms with Gasteiger partial charge in [0.05, 0.1) is 17.6 Å². The van der Waals surface area contributed by atoms with Gasteiger partial charge in [-0.25, -0.2) is 0 Å². The van der Waals surface area contributed by atoms with Gasteiger partial charge in [0, 0.05) is 0 Å². The SMILES string of the molecule is CC(C)(C#N)C(O)c1ccsc1. The van der Waals surface area contributed by atoms with Crippen molar-refractivity contribution in [1.82, 2.24) is 0 Å². The van der Waals surface area contributed by atoms with Gasteiger partial charge in [0.15, 0.2) is 0 Å². The van der Waals surface area contributed by atoms with Crippen molar-refractivity contribution in [2.24, 2.45) is 5.41 Å². The second kappa shape index (κ2) is 3.26. The van der Waals surface area contributed by atoms with Gasteiger partial charge in [-0.2, -0.15) is 16.6 Å². The van der Waals surface area contributed by atoms with Gasteiger partial charge in [-0.05, 0) is 36.2 Å². The highest BCUT2D eigenvalue weighted by atomic mass is 32.1. The molecule has 1 N–H and O–H groups in total. The van der Waals surface area contributed by atoms with Crippen LogP contribution in [-0.4, -0.2) is 5.11 Å². The van der Waals surface area contributed by atoms with E-state index in [1.54, 1.807) is 13.8 Å². The third-order valence-electron chi connectivity index (χ3n) is 1.83. The first-order chi connectivity index (χ1) is 5.58. The fraction of sp³-hybridized carbons (Fsp3) is 0.444. The Morgan fingerprint density at radius 2 is 2.33 bits per heavy atom. The van der Waals surface area contributed by atoms with E-state index in [4.69, 9.17) is 5.26 Å². The number of aliphatic hydroxyl groups is 1. The number of hydrogen-bond donors (Lipinski definition) is 1. The summed E-state index contributed by atoms with van der Waals surface area (Å²) < 4.78 is 0. The van der Waals surface area contributed by atoms with Crippen molar-refractivity contribution in [3.8, 4) is 6.07 Å². The molecule has 2 nitrogen and oxygen atoms in total. The highest BCUT2D eigenvalue weighted by Gasteiger charge is 2.28. The maximum atomic E-state index is 9.72. The minimum atomic E-state index is -0.707. The van der Waals surface area contributed by atoms with E-state index >= 15 is 0 Å². The molecule has 0 radical (unpaired) electrons. The average molecular weight is 181 g/mol. The number of rotatable bonds is 2. The summed E-state index contributed by atoms with van der Waals surface area (Å²) in [6, 6.07) is 3.93. The molecule has 0 saturated heterocycles. The van der Waals surface area contributed by atoms with Gasteiger partial charge in [0.2, 0.25) is 0 Å². The molecule has 1 unspecified atom stereocenters. The normalized spacial score (nSPS) is 13.8. The van der Waals surface area contributed by atoms with Crippen molar-refractivity contribution in [2.75, 3.05) is 0 Å². The second-order valence-electron chi connectivity index (χ2n) is 3.29. The third kappa shape index (κ3) is 1.66. The van der Waals surface area contributed by atoms with Gasteiger partial charge in [-0.3, -0.25) is 0 Å². The molecule has 0 saturated carbocycles. The van der Waals surface area contributed by atoms with Crippen molar-refractivity contribution in [1.29, 1.82) is 5.26 Å². The van der Waals surface area contributed by atoms with Gasteiger partial charge in [0.1, 0.15) is 0 Å². The molecule has 64 valence electrons. The lowest BCUT2D eigenvalue weighted by molar-refractivity contribution is 0.0872. The topological polar surface area (TPSA) is 44.0 Å². The van der Waals surface area contributed by atoms with E-state index in [1.807, 2.05) is 16.8 Å². The summed E-state index contributed by atoms with van der Waals surface area (Å²) in [5.74, 6) is 0. The Morgan fingerprint density at radius 3 is 2.75 bits per heavy atom. The quantitative estimate of drug-likeness (QED) is 0.761. The summed E-state index contributed by atoms with van der Waals surface area (Å²) in [5, 5.41) is 22.2. The lowest BCUT2D eigenvalue weighted by Gasteiger charge is -2.21. The van der Waals surface area contributed by atoms with E-state index < -0.39 is 11.5 Å². The van der Waals surface area contributed by atoms with E-state index in [-0.39, 0.29) is 0 Å². The van der Waals surface area contributed by atoms with Crippen LogP contribution in [0, 0.1) is 16.7 Å². The lowest BCUT2D eigenvalue weighted by Crippen LogP contribution is -2.19. The Kier molecular flexibility index (Phi) is 2.51. The van der Waals surface area contributed by atoms with E-state index in [9.17, 15) is 5.11 Å². The molecule has 3 heteroatoms. The van der Waals surface area contributed by atoms with Crippen molar-refractivity contribution >= 4 is 11.3 Å². The maximum Gasteiger partial charge on any atom is 0.0978 e. The lowest BCUT2D eigenvalue weighted by atomic mass is 9.85. The number of nitrogens with zero attached hydrogens (tertiary/aromatic N) is 1. The molecule has 1 aromatic rings. The standard InChI is InChI=1S/C9H11NOS/c1-9(2,6-10)8(11)7-3-4-12-5-7/h3-5,8,11H,1-2H3. The van der Waals surface area contributed by atoms with Crippen LogP contribution in [0.2, 0.25) is 0 Å². The first-order valence-electron chi connectivity index (χ1n) is 3.69. The molecule has 0 aliphatic heterocycles. The van der Waals surface area contributed by atoms with Crippen LogP contribution in [0.1, 0.15) is 25.5 Å². The monoisotopic (exact) mass is 181 g/mol. The summed E-state index contributed by atoms with van der Waals surface area (Å²) in [6.45, 7) is 3.46. The van der Waals surface area contributed by atoms with Gasteiger partial charge in [-0.15, -0.1) is 0 Å². The van der Waals surface area contributed by atoms with Gasteiger partial charge in [-0.1, -0.05) is 0 Å². The molecular weight excluding hydrogens is 170 g/mol. The molecule has 1 rings (SSSR count). The Hall–Kier alpha value is -0.850. The van der Waals surface area contributed by atoms with Crippen LogP contribution in [-0.2, 0) is 0 Å². The van der Waals surface area contributed by atoms with E-state index in [2.05, 4.69) is 6.07 Å². The largest absolute Gasteiger partial charge is 0.387 e. The Morgan fingerprint density at radius 1 is 1.67 bits per heavy atom. The number of thiophene rings is 1. The maximum absolute atomic E-state index is 9.72. The van der Waals surface area contributed by atoms with Crippen molar-refractivity contribution in [3.63, 3.8) is 0 Å². The zero-order chi connectivity index (χ0) is 9.19. The first kappa shape index (κ1) is 9.24. The number of hydrogen-bond acceptors (Lipinski definition) is 3. The third-order valence-corrected chi connectivity index (χ3v) is 2.53. The summed E-state index contributed by atoms with van der Waals surface area (Å²) in [5.41, 5.74) is 0.118. The average Bonchev–Trinajstić information content (AvgIpc) is 2.55. The predicted octanol–water partition coefficient (Wildman–Crippen LogP) is 2.33. The van der Waals surface area contributed by atoms with Crippen LogP contribution in [0.25, 0.3) is 0 Å². The fourth-order valence-electron chi connectivity index (χ4n) is 0.908. The van der Waals surface area contributed by atoms with Crippen LogP contribution in [0.15, 0.2) is 16.8 Å². The summed E-state index contributed by atoms with van der Waals surface area (Å²) >= 11 is 1.53. The molecule has 1 atom stereocenters. The predicted molar refractivity (Wildman–Crippen MR) is 48.7 cm³/mol. The molecule has 0 fully saturated rings. The van der Waals surface area contributed by atoms with Crippen molar-refractivity contribution < 1.29 is 5.11 Å². The molecule has 0 aliphatic rings. The molecule has 0 bridgehead atoms. The summed E-state index contributed by atoms with van der Waals surface area (Å²) in [7, 11) is 0. The molecule has 0 spiro atoms. The van der Waals surface area contributed by atoms with Crippen LogP contribution < -0.4 is 0 Å². The minimum absolute atomic E-state index is 0.686. The Bertz CT molecular complexity index is 284. The minimum Gasteiger partial charge on any atom is -0.387 e. The molecule has 12 heavy (non-hydrogen) atoms. The van der Waals surface area contributed by atoms with Gasteiger partial charge in [0.25, 0.3) is 0 Å². The highest BCUT2D eigenvalue weighted by Crippen LogP contribution is 2.33. The van der Waals surface area contributed by atoms with Gasteiger partial charge < -0.3 is 5.11 Å². The van der Waals surface area contributed by atoms with Gasteiger partial charge >= 0.3 is 0 Å².